The number of thiophene rings is 1. The molecule has 0 fully saturated rings. The standard InChI is InChI=1S/C19H17NO3S/c1-12-10-11-17(24-12)19(22)23-13(2)18(21)20-16-9-5-7-14-6-3-4-8-15(14)16/h3-11,13H,1-2H3,(H,20,21). The zero-order valence-electron chi connectivity index (χ0n) is 13.4. The predicted molar refractivity (Wildman–Crippen MR) is 96.5 cm³/mol. The molecule has 1 atom stereocenters. The Hall–Kier alpha value is -2.66. The fourth-order valence-electron chi connectivity index (χ4n) is 2.39. The molecule has 3 rings (SSSR count). The van der Waals surface area contributed by atoms with Crippen molar-refractivity contribution in [1.29, 1.82) is 0 Å². The first-order valence-electron chi connectivity index (χ1n) is 7.60. The Morgan fingerprint density at radius 1 is 1.04 bits per heavy atom. The molecule has 1 amide bonds. The van der Waals surface area contributed by atoms with Crippen LogP contribution >= 0.6 is 11.3 Å². The number of fused-ring (bicyclic) bond motifs is 1. The number of hydrogen-bond donors (Lipinski definition) is 1. The van der Waals surface area contributed by atoms with Crippen molar-refractivity contribution in [3.8, 4) is 0 Å². The summed E-state index contributed by atoms with van der Waals surface area (Å²) in [5.74, 6) is -0.832. The molecule has 1 N–H and O–H groups in total. The molecule has 4 nitrogen and oxygen atoms in total. The second kappa shape index (κ2) is 6.84. The van der Waals surface area contributed by atoms with Crippen LogP contribution in [0.15, 0.2) is 54.6 Å². The molecule has 1 heterocycles. The van der Waals surface area contributed by atoms with E-state index in [1.807, 2.05) is 55.5 Å². The predicted octanol–water partition coefficient (Wildman–Crippen LogP) is 4.39. The minimum Gasteiger partial charge on any atom is -0.448 e. The van der Waals surface area contributed by atoms with Gasteiger partial charge in [-0.2, -0.15) is 0 Å². The summed E-state index contributed by atoms with van der Waals surface area (Å²) in [6.45, 7) is 3.48. The van der Waals surface area contributed by atoms with E-state index in [-0.39, 0.29) is 5.91 Å². The molecule has 3 aromatic rings. The SMILES string of the molecule is Cc1ccc(C(=O)OC(C)C(=O)Nc2cccc3ccccc23)s1. The van der Waals surface area contributed by atoms with Crippen molar-refractivity contribution in [2.45, 2.75) is 20.0 Å². The number of anilines is 1. The van der Waals surface area contributed by atoms with Gasteiger partial charge in [0.05, 0.1) is 0 Å². The summed E-state index contributed by atoms with van der Waals surface area (Å²) in [5, 5.41) is 4.82. The number of ether oxygens (including phenoxy) is 1. The number of esters is 1. The highest BCUT2D eigenvalue weighted by Gasteiger charge is 2.20. The fraction of sp³-hybridized carbons (Fsp3) is 0.158. The van der Waals surface area contributed by atoms with Crippen molar-refractivity contribution < 1.29 is 14.3 Å². The highest BCUT2D eigenvalue weighted by Crippen LogP contribution is 2.23. The average molecular weight is 339 g/mol. The van der Waals surface area contributed by atoms with Crippen LogP contribution in [0.25, 0.3) is 10.8 Å². The number of rotatable bonds is 4. The Balaban J connectivity index is 1.71. The molecule has 0 aliphatic heterocycles. The average Bonchev–Trinajstić information content (AvgIpc) is 3.01. The summed E-state index contributed by atoms with van der Waals surface area (Å²) < 4.78 is 5.26. The molecule has 1 aromatic heterocycles. The Bertz CT molecular complexity index is 895. The van der Waals surface area contributed by atoms with Gasteiger partial charge in [-0.3, -0.25) is 4.79 Å². The lowest BCUT2D eigenvalue weighted by molar-refractivity contribution is -0.123. The second-order valence-corrected chi connectivity index (χ2v) is 6.76. The van der Waals surface area contributed by atoms with Crippen LogP contribution in [0.4, 0.5) is 5.69 Å². The summed E-state index contributed by atoms with van der Waals surface area (Å²) in [5.41, 5.74) is 0.702. The summed E-state index contributed by atoms with van der Waals surface area (Å²) >= 11 is 1.35. The lowest BCUT2D eigenvalue weighted by Gasteiger charge is -2.14. The molecule has 0 spiro atoms. The van der Waals surface area contributed by atoms with Crippen molar-refractivity contribution >= 4 is 39.7 Å². The molecule has 0 aliphatic carbocycles. The number of amides is 1. The summed E-state index contributed by atoms with van der Waals surface area (Å²) in [7, 11) is 0. The van der Waals surface area contributed by atoms with Crippen LogP contribution in [0.2, 0.25) is 0 Å². The van der Waals surface area contributed by atoms with Crippen LogP contribution in [-0.2, 0) is 9.53 Å². The van der Waals surface area contributed by atoms with E-state index in [2.05, 4.69) is 5.32 Å². The molecule has 0 bridgehead atoms. The van der Waals surface area contributed by atoms with E-state index in [4.69, 9.17) is 4.74 Å². The normalized spacial score (nSPS) is 11.9. The van der Waals surface area contributed by atoms with Crippen molar-refractivity contribution in [1.82, 2.24) is 0 Å². The topological polar surface area (TPSA) is 55.4 Å². The molecule has 1 unspecified atom stereocenters. The third kappa shape index (κ3) is 3.46. The van der Waals surface area contributed by atoms with Crippen molar-refractivity contribution in [3.05, 3.63) is 64.4 Å². The Labute approximate surface area is 144 Å². The smallest absolute Gasteiger partial charge is 0.349 e. The Kier molecular flexibility index (Phi) is 4.62. The number of benzene rings is 2. The van der Waals surface area contributed by atoms with Crippen LogP contribution in [0.1, 0.15) is 21.5 Å². The van der Waals surface area contributed by atoms with Crippen LogP contribution in [0.5, 0.6) is 0 Å². The number of hydrogen-bond acceptors (Lipinski definition) is 4. The van der Waals surface area contributed by atoms with Gasteiger partial charge in [-0.1, -0.05) is 36.4 Å². The van der Waals surface area contributed by atoms with Crippen LogP contribution < -0.4 is 5.32 Å². The molecule has 2 aromatic carbocycles. The molecule has 0 saturated carbocycles. The molecule has 24 heavy (non-hydrogen) atoms. The highest BCUT2D eigenvalue weighted by molar-refractivity contribution is 7.13. The van der Waals surface area contributed by atoms with E-state index in [0.29, 0.717) is 10.6 Å². The molecule has 0 aliphatic rings. The van der Waals surface area contributed by atoms with Gasteiger partial charge < -0.3 is 10.1 Å². The molecule has 0 saturated heterocycles. The van der Waals surface area contributed by atoms with Gasteiger partial charge in [0, 0.05) is 16.0 Å². The van der Waals surface area contributed by atoms with Gasteiger partial charge in [0.1, 0.15) is 4.88 Å². The first-order valence-corrected chi connectivity index (χ1v) is 8.42. The van der Waals surface area contributed by atoms with Crippen LogP contribution in [0.3, 0.4) is 0 Å². The van der Waals surface area contributed by atoms with Gasteiger partial charge in [-0.05, 0) is 37.4 Å². The van der Waals surface area contributed by atoms with Crippen LogP contribution in [0, 0.1) is 6.92 Å². The van der Waals surface area contributed by atoms with Crippen LogP contribution in [-0.4, -0.2) is 18.0 Å². The Morgan fingerprint density at radius 2 is 1.79 bits per heavy atom. The number of carbonyl (C=O) groups excluding carboxylic acids is 2. The first-order chi connectivity index (χ1) is 11.5. The van der Waals surface area contributed by atoms with Crippen molar-refractivity contribution in [3.63, 3.8) is 0 Å². The van der Waals surface area contributed by atoms with Gasteiger partial charge in [0.15, 0.2) is 6.10 Å². The van der Waals surface area contributed by atoms with Gasteiger partial charge in [-0.15, -0.1) is 11.3 Å². The largest absolute Gasteiger partial charge is 0.448 e. The molecule has 122 valence electrons. The lowest BCUT2D eigenvalue weighted by atomic mass is 10.1. The van der Waals surface area contributed by atoms with E-state index < -0.39 is 12.1 Å². The second-order valence-electron chi connectivity index (χ2n) is 5.47. The van der Waals surface area contributed by atoms with Gasteiger partial charge in [0.25, 0.3) is 5.91 Å². The van der Waals surface area contributed by atoms with E-state index in [1.54, 1.807) is 13.0 Å². The van der Waals surface area contributed by atoms with Gasteiger partial charge in [0.2, 0.25) is 0 Å². The Morgan fingerprint density at radius 3 is 2.54 bits per heavy atom. The molecular weight excluding hydrogens is 322 g/mol. The lowest BCUT2D eigenvalue weighted by Crippen LogP contribution is -2.29. The quantitative estimate of drug-likeness (QED) is 0.717. The summed E-state index contributed by atoms with van der Waals surface area (Å²) in [6.07, 6.45) is -0.876. The first kappa shape index (κ1) is 16.2. The molecule has 5 heteroatoms. The third-order valence-corrected chi connectivity index (χ3v) is 4.62. The minimum atomic E-state index is -0.876. The molecular formula is C19H17NO3S. The summed E-state index contributed by atoms with van der Waals surface area (Å²) in [6, 6.07) is 17.0. The number of nitrogens with one attached hydrogen (secondary N) is 1. The van der Waals surface area contributed by atoms with E-state index in [9.17, 15) is 9.59 Å². The monoisotopic (exact) mass is 339 g/mol. The van der Waals surface area contributed by atoms with Gasteiger partial charge >= 0.3 is 5.97 Å². The highest BCUT2D eigenvalue weighted by atomic mass is 32.1. The minimum absolute atomic E-state index is 0.354. The number of aryl methyl sites for hydroxylation is 1. The zero-order chi connectivity index (χ0) is 17.1. The third-order valence-electron chi connectivity index (χ3n) is 3.64. The van der Waals surface area contributed by atoms with Crippen molar-refractivity contribution in [2.24, 2.45) is 0 Å². The summed E-state index contributed by atoms with van der Waals surface area (Å²) in [4.78, 5) is 25.9. The maximum absolute atomic E-state index is 12.3. The maximum atomic E-state index is 12.3. The molecule has 0 radical (unpaired) electrons. The maximum Gasteiger partial charge on any atom is 0.349 e. The van der Waals surface area contributed by atoms with Gasteiger partial charge in [-0.25, -0.2) is 4.79 Å². The van der Waals surface area contributed by atoms with E-state index in [1.165, 1.54) is 11.3 Å². The zero-order valence-corrected chi connectivity index (χ0v) is 14.2. The van der Waals surface area contributed by atoms with E-state index >= 15 is 0 Å². The van der Waals surface area contributed by atoms with E-state index in [0.717, 1.165) is 15.6 Å². The van der Waals surface area contributed by atoms with Crippen molar-refractivity contribution in [2.75, 3.05) is 5.32 Å². The number of carbonyl (C=O) groups is 2. The fourth-order valence-corrected chi connectivity index (χ4v) is 3.14.